The number of hydrogen-bond donors (Lipinski definition) is 0. The second-order valence-corrected chi connectivity index (χ2v) is 8.19. The zero-order valence-electron chi connectivity index (χ0n) is 14.5. The van der Waals surface area contributed by atoms with Crippen molar-refractivity contribution in [1.82, 2.24) is 4.90 Å². The molecule has 1 fully saturated rings. The summed E-state index contributed by atoms with van der Waals surface area (Å²) in [4.78, 5) is 15.2. The predicted octanol–water partition coefficient (Wildman–Crippen LogP) is 5.35. The van der Waals surface area contributed by atoms with E-state index in [0.29, 0.717) is 28.3 Å². The van der Waals surface area contributed by atoms with E-state index in [9.17, 15) is 4.79 Å². The van der Waals surface area contributed by atoms with Crippen molar-refractivity contribution in [1.29, 1.82) is 0 Å². The predicted molar refractivity (Wildman–Crippen MR) is 98.5 cm³/mol. The Morgan fingerprint density at radius 1 is 1.30 bits per heavy atom. The van der Waals surface area contributed by atoms with Crippen LogP contribution < -0.4 is 0 Å². The Bertz CT molecular complexity index is 570. The highest BCUT2D eigenvalue weighted by Gasteiger charge is 2.33. The van der Waals surface area contributed by atoms with Gasteiger partial charge in [0.25, 0.3) is 0 Å². The fourth-order valence-corrected chi connectivity index (χ4v) is 4.24. The summed E-state index contributed by atoms with van der Waals surface area (Å²) in [6.07, 6.45) is 3.77. The van der Waals surface area contributed by atoms with Crippen LogP contribution in [0.15, 0.2) is 18.2 Å². The lowest BCUT2D eigenvalue weighted by Gasteiger charge is -2.37. The van der Waals surface area contributed by atoms with Gasteiger partial charge in [-0.3, -0.25) is 4.79 Å². The Morgan fingerprint density at radius 2 is 2.00 bits per heavy atom. The number of benzene rings is 1. The lowest BCUT2D eigenvalue weighted by atomic mass is 9.76. The maximum absolute atomic E-state index is 12.8. The SMILES string of the molecule is CC[C@H]1CCC(C(=O)CC(C)(C)c2cccc(Cl)c2Cl)CN1C. The van der Waals surface area contributed by atoms with Gasteiger partial charge >= 0.3 is 0 Å². The summed E-state index contributed by atoms with van der Waals surface area (Å²) in [7, 11) is 2.13. The average molecular weight is 356 g/mol. The molecule has 0 aliphatic carbocycles. The van der Waals surface area contributed by atoms with E-state index in [4.69, 9.17) is 23.2 Å². The maximum Gasteiger partial charge on any atom is 0.138 e. The zero-order valence-corrected chi connectivity index (χ0v) is 16.0. The first kappa shape index (κ1) is 18.8. The molecule has 0 aromatic heterocycles. The number of carbonyl (C=O) groups is 1. The van der Waals surface area contributed by atoms with Crippen molar-refractivity contribution in [3.63, 3.8) is 0 Å². The van der Waals surface area contributed by atoms with Crippen molar-refractivity contribution in [3.8, 4) is 0 Å². The Hall–Kier alpha value is -0.570. The van der Waals surface area contributed by atoms with Gasteiger partial charge in [-0.1, -0.05) is 56.1 Å². The number of carbonyl (C=O) groups excluding carboxylic acids is 1. The normalized spacial score (nSPS) is 23.0. The summed E-state index contributed by atoms with van der Waals surface area (Å²) < 4.78 is 0. The molecule has 1 aliphatic rings. The molecule has 2 atom stereocenters. The minimum atomic E-state index is -0.306. The Balaban J connectivity index is 2.08. The van der Waals surface area contributed by atoms with Crippen molar-refractivity contribution in [2.75, 3.05) is 13.6 Å². The quantitative estimate of drug-likeness (QED) is 0.709. The molecule has 1 unspecified atom stereocenters. The number of hydrogen-bond acceptors (Lipinski definition) is 2. The molecule has 0 bridgehead atoms. The van der Waals surface area contributed by atoms with Crippen LogP contribution in [-0.4, -0.2) is 30.3 Å². The molecule has 1 saturated heterocycles. The molecule has 23 heavy (non-hydrogen) atoms. The van der Waals surface area contributed by atoms with Crippen molar-refractivity contribution in [3.05, 3.63) is 33.8 Å². The first-order chi connectivity index (χ1) is 10.8. The molecule has 1 aromatic rings. The first-order valence-corrected chi connectivity index (χ1v) is 9.19. The summed E-state index contributed by atoms with van der Waals surface area (Å²) in [6, 6.07) is 6.28. The summed E-state index contributed by atoms with van der Waals surface area (Å²) >= 11 is 12.5. The number of nitrogens with zero attached hydrogens (tertiary/aromatic N) is 1. The molecule has 0 saturated carbocycles. The number of ketones is 1. The van der Waals surface area contributed by atoms with Gasteiger partial charge in [0.2, 0.25) is 0 Å². The summed E-state index contributed by atoms with van der Waals surface area (Å²) in [5.41, 5.74) is 0.648. The largest absolute Gasteiger partial charge is 0.303 e. The highest BCUT2D eigenvalue weighted by molar-refractivity contribution is 6.42. The van der Waals surface area contributed by atoms with Gasteiger partial charge in [-0.05, 0) is 43.4 Å². The molecule has 0 spiro atoms. The van der Waals surface area contributed by atoms with E-state index in [1.54, 1.807) is 6.07 Å². The van der Waals surface area contributed by atoms with Crippen LogP contribution in [0.2, 0.25) is 10.0 Å². The third-order valence-corrected chi connectivity index (χ3v) is 6.02. The lowest BCUT2D eigenvalue weighted by Crippen LogP contribution is -2.43. The van der Waals surface area contributed by atoms with Gasteiger partial charge in [0.1, 0.15) is 5.78 Å². The second kappa shape index (κ2) is 7.55. The Labute approximate surface area is 150 Å². The maximum atomic E-state index is 12.8. The number of likely N-dealkylation sites (tertiary alicyclic amines) is 1. The van der Waals surface area contributed by atoms with Crippen molar-refractivity contribution < 1.29 is 4.79 Å². The highest BCUT2D eigenvalue weighted by atomic mass is 35.5. The van der Waals surface area contributed by atoms with E-state index in [1.807, 2.05) is 12.1 Å². The van der Waals surface area contributed by atoms with Crippen LogP contribution in [0.25, 0.3) is 0 Å². The topological polar surface area (TPSA) is 20.3 Å². The molecular formula is C19H27Cl2NO. The van der Waals surface area contributed by atoms with Gasteiger partial charge in [-0.2, -0.15) is 0 Å². The fraction of sp³-hybridized carbons (Fsp3) is 0.632. The first-order valence-electron chi connectivity index (χ1n) is 8.43. The molecule has 128 valence electrons. The van der Waals surface area contributed by atoms with E-state index in [2.05, 4.69) is 32.7 Å². The monoisotopic (exact) mass is 355 g/mol. The third kappa shape index (κ3) is 4.29. The number of Topliss-reactive ketones (excluding diaryl/α,β-unsaturated/α-hetero) is 1. The molecule has 4 heteroatoms. The summed E-state index contributed by atoms with van der Waals surface area (Å²) in [5.74, 6) is 0.479. The van der Waals surface area contributed by atoms with E-state index >= 15 is 0 Å². The molecule has 2 nitrogen and oxygen atoms in total. The molecule has 0 amide bonds. The van der Waals surface area contributed by atoms with Gasteiger partial charge in [0.05, 0.1) is 10.0 Å². The van der Waals surface area contributed by atoms with E-state index in [1.165, 1.54) is 0 Å². The Morgan fingerprint density at radius 3 is 2.61 bits per heavy atom. The number of halogens is 2. The van der Waals surface area contributed by atoms with Crippen LogP contribution in [0.1, 0.15) is 52.0 Å². The van der Waals surface area contributed by atoms with Crippen LogP contribution in [0.3, 0.4) is 0 Å². The minimum absolute atomic E-state index is 0.139. The van der Waals surface area contributed by atoms with Gasteiger partial charge in [-0.15, -0.1) is 0 Å². The molecule has 1 heterocycles. The number of piperidine rings is 1. The molecular weight excluding hydrogens is 329 g/mol. The van der Waals surface area contributed by atoms with Crippen molar-refractivity contribution in [2.24, 2.45) is 5.92 Å². The lowest BCUT2D eigenvalue weighted by molar-refractivity contribution is -0.126. The third-order valence-electron chi connectivity index (χ3n) is 5.20. The Kier molecular flexibility index (Phi) is 6.16. The molecule has 1 aromatic carbocycles. The van der Waals surface area contributed by atoms with Crippen LogP contribution in [0, 0.1) is 5.92 Å². The second-order valence-electron chi connectivity index (χ2n) is 7.40. The standard InChI is InChI=1S/C19H27Cl2NO/c1-5-14-10-9-13(12-22(14)4)17(23)11-19(2,3)15-7-6-8-16(20)18(15)21/h6-8,13-14H,5,9-12H2,1-4H3/t13?,14-/m0/s1. The van der Waals surface area contributed by atoms with E-state index in [-0.39, 0.29) is 11.3 Å². The van der Waals surface area contributed by atoms with Crippen molar-refractivity contribution >= 4 is 29.0 Å². The molecule has 0 radical (unpaired) electrons. The average Bonchev–Trinajstić information content (AvgIpc) is 2.49. The summed E-state index contributed by atoms with van der Waals surface area (Å²) in [5, 5.41) is 1.12. The van der Waals surface area contributed by atoms with Gasteiger partial charge < -0.3 is 4.90 Å². The van der Waals surface area contributed by atoms with Gasteiger partial charge in [0.15, 0.2) is 0 Å². The molecule has 2 rings (SSSR count). The van der Waals surface area contributed by atoms with E-state index < -0.39 is 0 Å². The van der Waals surface area contributed by atoms with Gasteiger partial charge in [-0.25, -0.2) is 0 Å². The molecule has 0 N–H and O–H groups in total. The fourth-order valence-electron chi connectivity index (χ4n) is 3.68. The van der Waals surface area contributed by atoms with Gasteiger partial charge in [0, 0.05) is 24.9 Å². The van der Waals surface area contributed by atoms with Crippen LogP contribution in [-0.2, 0) is 10.2 Å². The molecule has 1 aliphatic heterocycles. The number of rotatable bonds is 5. The van der Waals surface area contributed by atoms with Crippen LogP contribution in [0.4, 0.5) is 0 Å². The minimum Gasteiger partial charge on any atom is -0.303 e. The summed E-state index contributed by atoms with van der Waals surface area (Å²) in [6.45, 7) is 7.23. The van der Waals surface area contributed by atoms with Crippen molar-refractivity contribution in [2.45, 2.75) is 57.9 Å². The highest BCUT2D eigenvalue weighted by Crippen LogP contribution is 2.38. The van der Waals surface area contributed by atoms with E-state index in [0.717, 1.165) is 31.4 Å². The van der Waals surface area contributed by atoms with Crippen LogP contribution >= 0.6 is 23.2 Å². The van der Waals surface area contributed by atoms with Crippen LogP contribution in [0.5, 0.6) is 0 Å². The zero-order chi connectivity index (χ0) is 17.2. The smallest absolute Gasteiger partial charge is 0.138 e.